The number of aryl methyl sites for hydroxylation is 1. The fourth-order valence-corrected chi connectivity index (χ4v) is 2.83. The Morgan fingerprint density at radius 3 is 3.05 bits per heavy atom. The predicted molar refractivity (Wildman–Crippen MR) is 75.3 cm³/mol. The molecular weight excluding hydrogens is 258 g/mol. The molecule has 3 aromatic heterocycles. The number of likely N-dealkylation sites (N-methyl/N-ethyl adjacent to an activating group) is 1. The molecule has 1 unspecified atom stereocenters. The third-order valence-corrected chi connectivity index (χ3v) is 3.83. The van der Waals surface area contributed by atoms with E-state index in [0.717, 1.165) is 28.6 Å². The Morgan fingerprint density at radius 1 is 1.42 bits per heavy atom. The van der Waals surface area contributed by atoms with Gasteiger partial charge in [0.25, 0.3) is 0 Å². The minimum atomic E-state index is 0.159. The SMILES string of the molecule is CNC(Cc1cn2ccsc2n1)c1ccnc(C)n1. The van der Waals surface area contributed by atoms with E-state index in [4.69, 9.17) is 0 Å². The summed E-state index contributed by atoms with van der Waals surface area (Å²) in [6, 6.07) is 2.11. The van der Waals surface area contributed by atoms with Crippen molar-refractivity contribution in [3.8, 4) is 0 Å². The van der Waals surface area contributed by atoms with Crippen molar-refractivity contribution in [2.45, 2.75) is 19.4 Å². The lowest BCUT2D eigenvalue weighted by Crippen LogP contribution is -2.20. The molecule has 6 heteroatoms. The Bertz CT molecular complexity index is 658. The molecule has 3 aromatic rings. The minimum absolute atomic E-state index is 0.159. The molecule has 0 aliphatic heterocycles. The van der Waals surface area contributed by atoms with E-state index in [2.05, 4.69) is 30.9 Å². The molecule has 0 spiro atoms. The van der Waals surface area contributed by atoms with E-state index < -0.39 is 0 Å². The molecular formula is C13H15N5S. The molecule has 0 amide bonds. The maximum Gasteiger partial charge on any atom is 0.193 e. The maximum absolute atomic E-state index is 4.61. The van der Waals surface area contributed by atoms with Crippen molar-refractivity contribution >= 4 is 16.3 Å². The molecule has 3 rings (SSSR count). The van der Waals surface area contributed by atoms with Crippen LogP contribution in [-0.4, -0.2) is 26.4 Å². The molecule has 0 radical (unpaired) electrons. The maximum atomic E-state index is 4.61. The van der Waals surface area contributed by atoms with Gasteiger partial charge in [-0.25, -0.2) is 15.0 Å². The first-order valence-corrected chi connectivity index (χ1v) is 7.02. The standard InChI is InChI=1S/C13H15N5S/c1-9-15-4-3-11(16-9)12(14-2)7-10-8-18-5-6-19-13(18)17-10/h3-6,8,12,14H,7H2,1-2H3. The number of nitrogens with one attached hydrogen (secondary N) is 1. The lowest BCUT2D eigenvalue weighted by molar-refractivity contribution is 0.567. The first kappa shape index (κ1) is 12.3. The summed E-state index contributed by atoms with van der Waals surface area (Å²) in [5.74, 6) is 0.795. The van der Waals surface area contributed by atoms with Crippen LogP contribution in [0.25, 0.3) is 4.96 Å². The highest BCUT2D eigenvalue weighted by Gasteiger charge is 2.14. The van der Waals surface area contributed by atoms with Gasteiger partial charge < -0.3 is 5.32 Å². The normalized spacial score (nSPS) is 12.9. The van der Waals surface area contributed by atoms with Gasteiger partial charge in [-0.2, -0.15) is 0 Å². The molecule has 0 aliphatic carbocycles. The number of hydrogen-bond acceptors (Lipinski definition) is 5. The molecule has 0 saturated carbocycles. The van der Waals surface area contributed by atoms with Gasteiger partial charge in [-0.3, -0.25) is 4.40 Å². The van der Waals surface area contributed by atoms with Crippen molar-refractivity contribution in [2.24, 2.45) is 0 Å². The molecule has 3 heterocycles. The van der Waals surface area contributed by atoms with E-state index in [-0.39, 0.29) is 6.04 Å². The fourth-order valence-electron chi connectivity index (χ4n) is 2.11. The highest BCUT2D eigenvalue weighted by Crippen LogP contribution is 2.18. The summed E-state index contributed by atoms with van der Waals surface area (Å²) < 4.78 is 2.05. The van der Waals surface area contributed by atoms with Crippen molar-refractivity contribution < 1.29 is 0 Å². The van der Waals surface area contributed by atoms with Gasteiger partial charge in [0.2, 0.25) is 0 Å². The van der Waals surface area contributed by atoms with Gasteiger partial charge in [-0.1, -0.05) is 0 Å². The van der Waals surface area contributed by atoms with Crippen LogP contribution in [0.5, 0.6) is 0 Å². The van der Waals surface area contributed by atoms with Gasteiger partial charge in [-0.15, -0.1) is 11.3 Å². The molecule has 0 saturated heterocycles. The van der Waals surface area contributed by atoms with E-state index in [0.29, 0.717) is 0 Å². The van der Waals surface area contributed by atoms with Crippen molar-refractivity contribution in [3.05, 3.63) is 47.2 Å². The third kappa shape index (κ3) is 2.50. The highest BCUT2D eigenvalue weighted by atomic mass is 32.1. The van der Waals surface area contributed by atoms with Gasteiger partial charge in [0, 0.05) is 30.4 Å². The topological polar surface area (TPSA) is 55.1 Å². The third-order valence-electron chi connectivity index (χ3n) is 3.06. The molecule has 19 heavy (non-hydrogen) atoms. The van der Waals surface area contributed by atoms with E-state index in [9.17, 15) is 0 Å². The second-order valence-electron chi connectivity index (χ2n) is 4.40. The fraction of sp³-hybridized carbons (Fsp3) is 0.308. The molecule has 0 fully saturated rings. The van der Waals surface area contributed by atoms with E-state index in [1.165, 1.54) is 0 Å². The summed E-state index contributed by atoms with van der Waals surface area (Å²) in [5, 5.41) is 5.33. The zero-order valence-electron chi connectivity index (χ0n) is 10.9. The largest absolute Gasteiger partial charge is 0.311 e. The van der Waals surface area contributed by atoms with Crippen LogP contribution in [0.3, 0.4) is 0 Å². The predicted octanol–water partition coefficient (Wildman–Crippen LogP) is 2.00. The van der Waals surface area contributed by atoms with Crippen molar-refractivity contribution in [1.29, 1.82) is 0 Å². The molecule has 0 bridgehead atoms. The van der Waals surface area contributed by atoms with Crippen molar-refractivity contribution in [1.82, 2.24) is 24.7 Å². The summed E-state index contributed by atoms with van der Waals surface area (Å²) in [4.78, 5) is 14.2. The molecule has 0 aliphatic rings. The number of thiazole rings is 1. The van der Waals surface area contributed by atoms with Crippen LogP contribution < -0.4 is 5.32 Å². The Balaban J connectivity index is 1.85. The molecule has 98 valence electrons. The Kier molecular flexibility index (Phi) is 3.27. The molecule has 1 N–H and O–H groups in total. The number of imidazole rings is 1. The monoisotopic (exact) mass is 273 g/mol. The highest BCUT2D eigenvalue weighted by molar-refractivity contribution is 7.15. The van der Waals surface area contributed by atoms with Crippen LogP contribution in [0.4, 0.5) is 0 Å². The van der Waals surface area contributed by atoms with Crippen LogP contribution >= 0.6 is 11.3 Å². The zero-order valence-corrected chi connectivity index (χ0v) is 11.7. The number of fused-ring (bicyclic) bond motifs is 1. The first-order chi connectivity index (χ1) is 9.26. The minimum Gasteiger partial charge on any atom is -0.311 e. The number of nitrogens with zero attached hydrogens (tertiary/aromatic N) is 4. The van der Waals surface area contributed by atoms with E-state index >= 15 is 0 Å². The number of hydrogen-bond donors (Lipinski definition) is 1. The Labute approximate surface area is 115 Å². The van der Waals surface area contributed by atoms with Gasteiger partial charge in [0.15, 0.2) is 4.96 Å². The molecule has 1 atom stereocenters. The lowest BCUT2D eigenvalue weighted by atomic mass is 10.1. The van der Waals surface area contributed by atoms with Gasteiger partial charge in [0.1, 0.15) is 5.82 Å². The first-order valence-electron chi connectivity index (χ1n) is 6.14. The average molecular weight is 273 g/mol. The van der Waals surface area contributed by atoms with Crippen LogP contribution in [-0.2, 0) is 6.42 Å². The quantitative estimate of drug-likeness (QED) is 0.790. The average Bonchev–Trinajstić information content (AvgIpc) is 2.96. The van der Waals surface area contributed by atoms with Crippen molar-refractivity contribution in [3.63, 3.8) is 0 Å². The van der Waals surface area contributed by atoms with Crippen LogP contribution in [0, 0.1) is 6.92 Å². The van der Waals surface area contributed by atoms with Crippen molar-refractivity contribution in [2.75, 3.05) is 7.05 Å². The van der Waals surface area contributed by atoms with Gasteiger partial charge >= 0.3 is 0 Å². The van der Waals surface area contributed by atoms with Gasteiger partial charge in [0.05, 0.1) is 17.4 Å². The van der Waals surface area contributed by atoms with Crippen LogP contribution in [0.15, 0.2) is 30.0 Å². The number of rotatable bonds is 4. The smallest absolute Gasteiger partial charge is 0.193 e. The second kappa shape index (κ2) is 5.07. The summed E-state index contributed by atoms with van der Waals surface area (Å²) >= 11 is 1.65. The van der Waals surface area contributed by atoms with E-state index in [1.54, 1.807) is 17.5 Å². The van der Waals surface area contributed by atoms with Crippen LogP contribution in [0.2, 0.25) is 0 Å². The van der Waals surface area contributed by atoms with E-state index in [1.807, 2.05) is 31.6 Å². The zero-order chi connectivity index (χ0) is 13.2. The summed E-state index contributed by atoms with van der Waals surface area (Å²) in [6.07, 6.45) is 6.72. The summed E-state index contributed by atoms with van der Waals surface area (Å²) in [7, 11) is 1.94. The van der Waals surface area contributed by atoms with Gasteiger partial charge in [-0.05, 0) is 20.0 Å². The molecule has 0 aromatic carbocycles. The Hall–Kier alpha value is -1.79. The second-order valence-corrected chi connectivity index (χ2v) is 5.27. The summed E-state index contributed by atoms with van der Waals surface area (Å²) in [6.45, 7) is 1.91. The Morgan fingerprint density at radius 2 is 2.32 bits per heavy atom. The summed E-state index contributed by atoms with van der Waals surface area (Å²) in [5.41, 5.74) is 2.08. The van der Waals surface area contributed by atoms with Crippen LogP contribution in [0.1, 0.15) is 23.3 Å². The molecule has 5 nitrogen and oxygen atoms in total. The number of aromatic nitrogens is 4. The lowest BCUT2D eigenvalue weighted by Gasteiger charge is -2.14.